The molecule has 3 aliphatic rings. The van der Waals surface area contributed by atoms with Gasteiger partial charge in [-0.3, -0.25) is 19.4 Å². The fraction of sp³-hybridized carbons (Fsp3) is 0.259. The molecule has 1 amide bonds. The smallest absolute Gasteiger partial charge is 0.260 e. The second-order valence-corrected chi connectivity index (χ2v) is 9.68. The van der Waals surface area contributed by atoms with E-state index in [4.69, 9.17) is 11.6 Å². The van der Waals surface area contributed by atoms with Crippen molar-refractivity contribution >= 4 is 34.8 Å². The minimum atomic E-state index is 0.00322. The third-order valence-electron chi connectivity index (χ3n) is 7.02. The number of amides is 1. The average Bonchev–Trinajstić information content (AvgIpc) is 3.06. The number of likely N-dealkylation sites (tertiary alicyclic amines) is 1. The average molecular weight is 458 g/mol. The lowest BCUT2D eigenvalue weighted by Crippen LogP contribution is -2.50. The van der Waals surface area contributed by atoms with Gasteiger partial charge in [-0.05, 0) is 42.2 Å². The molecule has 0 N–H and O–H groups in total. The molecule has 3 aliphatic heterocycles. The fourth-order valence-corrected chi connectivity index (χ4v) is 5.80. The molecule has 1 fully saturated rings. The maximum Gasteiger partial charge on any atom is 0.260 e. The van der Waals surface area contributed by atoms with Gasteiger partial charge in [0.05, 0.1) is 12.4 Å². The van der Waals surface area contributed by atoms with Crippen LogP contribution in [0.3, 0.4) is 0 Å². The Hall–Kier alpha value is -3.15. The van der Waals surface area contributed by atoms with Crippen molar-refractivity contribution in [1.82, 2.24) is 9.47 Å². The maximum absolute atomic E-state index is 13.6. The van der Waals surface area contributed by atoms with E-state index in [2.05, 4.69) is 11.0 Å². The summed E-state index contributed by atoms with van der Waals surface area (Å²) in [4.78, 5) is 30.1. The first-order valence-corrected chi connectivity index (χ1v) is 11.8. The van der Waals surface area contributed by atoms with Crippen molar-refractivity contribution < 1.29 is 4.79 Å². The quantitative estimate of drug-likeness (QED) is 0.545. The van der Waals surface area contributed by atoms with Crippen molar-refractivity contribution in [2.24, 2.45) is 5.92 Å². The minimum absolute atomic E-state index is 0.00322. The van der Waals surface area contributed by atoms with Crippen LogP contribution in [0.1, 0.15) is 29.2 Å². The van der Waals surface area contributed by atoms with E-state index in [1.807, 2.05) is 70.1 Å². The monoisotopic (exact) mass is 457 g/mol. The van der Waals surface area contributed by atoms with Crippen LogP contribution in [-0.4, -0.2) is 35.1 Å². The minimum Gasteiger partial charge on any atom is -0.312 e. The molecular formula is C27H24ClN3O2. The number of rotatable bonds is 3. The van der Waals surface area contributed by atoms with Crippen molar-refractivity contribution in [3.05, 3.63) is 98.9 Å². The first-order valence-electron chi connectivity index (χ1n) is 11.4. The Morgan fingerprint density at radius 2 is 1.79 bits per heavy atom. The molecule has 6 rings (SSSR count). The summed E-state index contributed by atoms with van der Waals surface area (Å²) in [7, 11) is 0. The summed E-state index contributed by atoms with van der Waals surface area (Å²) < 4.78 is 1.94. The fourth-order valence-electron chi connectivity index (χ4n) is 5.63. The van der Waals surface area contributed by atoms with Gasteiger partial charge in [-0.2, -0.15) is 0 Å². The molecule has 1 saturated heterocycles. The Balaban J connectivity index is 1.31. The molecule has 0 aliphatic carbocycles. The van der Waals surface area contributed by atoms with E-state index in [-0.39, 0.29) is 11.5 Å². The summed E-state index contributed by atoms with van der Waals surface area (Å²) in [5, 5.41) is 0.622. The van der Waals surface area contributed by atoms with Crippen LogP contribution in [0.4, 0.5) is 5.69 Å². The summed E-state index contributed by atoms with van der Waals surface area (Å²) >= 11 is 6.33. The lowest BCUT2D eigenvalue weighted by Gasteiger charge is -2.43. The summed E-state index contributed by atoms with van der Waals surface area (Å²) in [6, 6.07) is 21.2. The van der Waals surface area contributed by atoms with Gasteiger partial charge in [-0.25, -0.2) is 0 Å². The van der Waals surface area contributed by atoms with Gasteiger partial charge in [-0.15, -0.1) is 0 Å². The number of aromatic nitrogens is 1. The van der Waals surface area contributed by atoms with Crippen molar-refractivity contribution in [3.63, 3.8) is 0 Å². The molecule has 2 atom stereocenters. The van der Waals surface area contributed by atoms with Crippen LogP contribution in [0.15, 0.2) is 71.5 Å². The number of halogens is 1. The van der Waals surface area contributed by atoms with Gasteiger partial charge in [0.15, 0.2) is 0 Å². The predicted octanol–water partition coefficient (Wildman–Crippen LogP) is 4.47. The van der Waals surface area contributed by atoms with Crippen LogP contribution in [0.5, 0.6) is 0 Å². The highest BCUT2D eigenvalue weighted by Gasteiger charge is 2.38. The van der Waals surface area contributed by atoms with Crippen molar-refractivity contribution in [2.45, 2.75) is 18.9 Å². The molecule has 0 spiro atoms. The van der Waals surface area contributed by atoms with E-state index in [9.17, 15) is 9.59 Å². The maximum atomic E-state index is 13.6. The zero-order valence-corrected chi connectivity index (χ0v) is 18.9. The molecule has 0 radical (unpaired) electrons. The molecule has 6 heteroatoms. The Bertz CT molecular complexity index is 1330. The second-order valence-electron chi connectivity index (χ2n) is 9.24. The molecule has 3 aromatic rings. The van der Waals surface area contributed by atoms with Gasteiger partial charge in [0, 0.05) is 53.5 Å². The molecule has 2 bridgehead atoms. The van der Waals surface area contributed by atoms with Crippen LogP contribution in [-0.2, 0) is 11.3 Å². The molecular weight excluding hydrogens is 434 g/mol. The number of fused-ring (bicyclic) bond motifs is 5. The van der Waals surface area contributed by atoms with Crippen LogP contribution in [0.2, 0.25) is 5.02 Å². The molecule has 1 aromatic heterocycles. The third-order valence-corrected chi connectivity index (χ3v) is 7.26. The molecule has 5 nitrogen and oxygen atoms in total. The van der Waals surface area contributed by atoms with Gasteiger partial charge >= 0.3 is 0 Å². The van der Waals surface area contributed by atoms with Crippen LogP contribution < -0.4 is 10.5 Å². The van der Waals surface area contributed by atoms with E-state index in [0.717, 1.165) is 48.6 Å². The van der Waals surface area contributed by atoms with Gasteiger partial charge in [-0.1, -0.05) is 54.1 Å². The summed E-state index contributed by atoms with van der Waals surface area (Å²) in [6.07, 6.45) is 3.05. The lowest BCUT2D eigenvalue weighted by atomic mass is 9.83. The molecule has 0 saturated carbocycles. The first kappa shape index (κ1) is 20.5. The number of benzene rings is 2. The topological polar surface area (TPSA) is 45.6 Å². The third kappa shape index (κ3) is 3.62. The van der Waals surface area contributed by atoms with E-state index in [1.165, 1.54) is 0 Å². The highest BCUT2D eigenvalue weighted by atomic mass is 35.5. The number of hydrogen-bond acceptors (Lipinski definition) is 3. The number of pyridine rings is 1. The Morgan fingerprint density at radius 1 is 0.939 bits per heavy atom. The summed E-state index contributed by atoms with van der Waals surface area (Å²) in [5.41, 5.74) is 4.68. The summed E-state index contributed by atoms with van der Waals surface area (Å²) in [5.74, 6) is 0.720. The first-order chi connectivity index (χ1) is 16.1. The molecule has 33 heavy (non-hydrogen) atoms. The highest BCUT2D eigenvalue weighted by Crippen LogP contribution is 2.41. The summed E-state index contributed by atoms with van der Waals surface area (Å²) in [6.45, 7) is 2.96. The largest absolute Gasteiger partial charge is 0.312 e. The molecule has 166 valence electrons. The standard InChI is InChI=1S/C27H24ClN3O2/c28-21-9-10-22-23(12-18-5-2-1-3-6-18)27(33)31(25(22)13-21)17-29-14-19-11-20(16-29)24-7-4-8-26(32)30(24)15-19/h1-10,12-13,19-20H,11,14-17H2. The zero-order valence-electron chi connectivity index (χ0n) is 18.2. The van der Waals surface area contributed by atoms with E-state index >= 15 is 0 Å². The Labute approximate surface area is 197 Å². The van der Waals surface area contributed by atoms with Crippen LogP contribution in [0, 0.1) is 5.92 Å². The van der Waals surface area contributed by atoms with Gasteiger partial charge in [0.2, 0.25) is 0 Å². The number of piperidine rings is 1. The number of hydrogen-bond donors (Lipinski definition) is 0. The number of nitrogens with zero attached hydrogens (tertiary/aromatic N) is 3. The Kier molecular flexibility index (Phi) is 4.97. The molecule has 2 aromatic carbocycles. The lowest BCUT2D eigenvalue weighted by molar-refractivity contribution is -0.113. The predicted molar refractivity (Wildman–Crippen MR) is 131 cm³/mol. The molecule has 2 unspecified atom stereocenters. The van der Waals surface area contributed by atoms with E-state index in [0.29, 0.717) is 29.1 Å². The van der Waals surface area contributed by atoms with E-state index in [1.54, 1.807) is 6.07 Å². The zero-order chi connectivity index (χ0) is 22.5. The Morgan fingerprint density at radius 3 is 2.64 bits per heavy atom. The van der Waals surface area contributed by atoms with Crippen molar-refractivity contribution in [3.8, 4) is 0 Å². The SMILES string of the molecule is O=C1C(=Cc2ccccc2)c2ccc(Cl)cc2N1CN1CC2CC(C1)c1cccc(=O)n1C2. The number of carbonyl (C=O) groups excluding carboxylic acids is 1. The van der Waals surface area contributed by atoms with E-state index < -0.39 is 0 Å². The normalized spacial score (nSPS) is 23.0. The van der Waals surface area contributed by atoms with Gasteiger partial charge in [0.1, 0.15) is 0 Å². The van der Waals surface area contributed by atoms with Gasteiger partial charge in [0.25, 0.3) is 11.5 Å². The van der Waals surface area contributed by atoms with Crippen molar-refractivity contribution in [1.29, 1.82) is 0 Å². The van der Waals surface area contributed by atoms with Crippen molar-refractivity contribution in [2.75, 3.05) is 24.7 Å². The number of carbonyl (C=O) groups is 1. The van der Waals surface area contributed by atoms with Gasteiger partial charge < -0.3 is 4.57 Å². The molecule has 4 heterocycles. The van der Waals surface area contributed by atoms with Crippen LogP contribution in [0.25, 0.3) is 11.6 Å². The second kappa shape index (κ2) is 8.01. The highest BCUT2D eigenvalue weighted by molar-refractivity contribution is 6.37. The number of anilines is 1. The van der Waals surface area contributed by atoms with Crippen LogP contribution >= 0.6 is 11.6 Å².